The van der Waals surface area contributed by atoms with Gasteiger partial charge in [0.05, 0.1) is 0 Å². The van der Waals surface area contributed by atoms with E-state index in [1.54, 1.807) is 0 Å². The number of carbonyl (C=O) groups excluding carboxylic acids is 1. The van der Waals surface area contributed by atoms with E-state index in [1.165, 1.54) is 51.4 Å². The van der Waals surface area contributed by atoms with Gasteiger partial charge in [-0.3, -0.25) is 4.79 Å². The standard InChI is InChI=1S/C17H30N2O/c1-19(16-6-3-2-4-7-16)9-5-8-18-17(20)15-11-13-10-14(13)12-15/h13-16H,2-12H2,1H3,(H,18,20). The maximum absolute atomic E-state index is 12.0. The summed E-state index contributed by atoms with van der Waals surface area (Å²) in [5, 5.41) is 3.16. The number of fused-ring (bicyclic) bond motifs is 1. The molecule has 0 aliphatic heterocycles. The van der Waals surface area contributed by atoms with Crippen LogP contribution in [0.4, 0.5) is 0 Å². The summed E-state index contributed by atoms with van der Waals surface area (Å²) in [6.07, 6.45) is 11.8. The first-order chi connectivity index (χ1) is 9.74. The van der Waals surface area contributed by atoms with Crippen LogP contribution in [0.15, 0.2) is 0 Å². The fourth-order valence-electron chi connectivity index (χ4n) is 4.32. The topological polar surface area (TPSA) is 32.3 Å². The minimum Gasteiger partial charge on any atom is -0.356 e. The van der Waals surface area contributed by atoms with Gasteiger partial charge in [0.2, 0.25) is 5.91 Å². The van der Waals surface area contributed by atoms with Crippen LogP contribution in [-0.2, 0) is 4.79 Å². The Morgan fingerprint density at radius 1 is 1.10 bits per heavy atom. The van der Waals surface area contributed by atoms with Crippen molar-refractivity contribution in [3.63, 3.8) is 0 Å². The van der Waals surface area contributed by atoms with Gasteiger partial charge in [-0.15, -0.1) is 0 Å². The Labute approximate surface area is 123 Å². The molecule has 0 saturated heterocycles. The third kappa shape index (κ3) is 3.55. The number of nitrogens with zero attached hydrogens (tertiary/aromatic N) is 1. The summed E-state index contributed by atoms with van der Waals surface area (Å²) in [7, 11) is 2.25. The lowest BCUT2D eigenvalue weighted by atomic mass is 9.94. The van der Waals surface area contributed by atoms with Gasteiger partial charge < -0.3 is 10.2 Å². The van der Waals surface area contributed by atoms with Crippen LogP contribution >= 0.6 is 0 Å². The van der Waals surface area contributed by atoms with Crippen molar-refractivity contribution < 1.29 is 4.79 Å². The second-order valence-electron chi connectivity index (χ2n) is 7.34. The van der Waals surface area contributed by atoms with Crippen LogP contribution in [0.25, 0.3) is 0 Å². The molecule has 3 heteroatoms. The molecule has 114 valence electrons. The molecule has 3 aliphatic rings. The van der Waals surface area contributed by atoms with Gasteiger partial charge in [-0.1, -0.05) is 19.3 Å². The van der Waals surface area contributed by atoms with E-state index in [9.17, 15) is 4.79 Å². The van der Waals surface area contributed by atoms with Crippen LogP contribution in [0.3, 0.4) is 0 Å². The van der Waals surface area contributed by atoms with Crippen LogP contribution in [0.1, 0.15) is 57.8 Å². The molecule has 20 heavy (non-hydrogen) atoms. The second-order valence-corrected chi connectivity index (χ2v) is 7.34. The molecule has 1 N–H and O–H groups in total. The molecule has 3 fully saturated rings. The Morgan fingerprint density at radius 3 is 2.50 bits per heavy atom. The van der Waals surface area contributed by atoms with Crippen LogP contribution in [-0.4, -0.2) is 37.0 Å². The number of hydrogen-bond acceptors (Lipinski definition) is 2. The van der Waals surface area contributed by atoms with Gasteiger partial charge in [-0.25, -0.2) is 0 Å². The number of amides is 1. The van der Waals surface area contributed by atoms with Crippen molar-refractivity contribution in [3.8, 4) is 0 Å². The van der Waals surface area contributed by atoms with Crippen LogP contribution in [0, 0.1) is 17.8 Å². The predicted octanol–water partition coefficient (Wildman–Crippen LogP) is 2.80. The summed E-state index contributed by atoms with van der Waals surface area (Å²) in [5.41, 5.74) is 0. The van der Waals surface area contributed by atoms with E-state index in [-0.39, 0.29) is 0 Å². The zero-order valence-corrected chi connectivity index (χ0v) is 12.9. The molecular weight excluding hydrogens is 248 g/mol. The first-order valence-electron chi connectivity index (χ1n) is 8.72. The molecule has 1 amide bonds. The molecule has 3 rings (SSSR count). The molecule has 3 aliphatic carbocycles. The lowest BCUT2D eigenvalue weighted by Gasteiger charge is -2.31. The van der Waals surface area contributed by atoms with Crippen LogP contribution in [0.2, 0.25) is 0 Å². The third-order valence-electron chi connectivity index (χ3n) is 5.80. The number of nitrogens with one attached hydrogen (secondary N) is 1. The monoisotopic (exact) mass is 278 g/mol. The molecule has 0 spiro atoms. The highest BCUT2D eigenvalue weighted by Crippen LogP contribution is 2.54. The van der Waals surface area contributed by atoms with Gasteiger partial charge in [0.25, 0.3) is 0 Å². The fourth-order valence-corrected chi connectivity index (χ4v) is 4.32. The van der Waals surface area contributed by atoms with Gasteiger partial charge in [0.1, 0.15) is 0 Å². The Balaban J connectivity index is 1.26. The van der Waals surface area contributed by atoms with Gasteiger partial charge in [-0.05, 0) is 64.0 Å². The van der Waals surface area contributed by atoms with Crippen molar-refractivity contribution in [1.82, 2.24) is 10.2 Å². The van der Waals surface area contributed by atoms with E-state index in [0.717, 1.165) is 37.4 Å². The van der Waals surface area contributed by atoms with Crippen molar-refractivity contribution in [2.24, 2.45) is 17.8 Å². The summed E-state index contributed by atoms with van der Waals surface area (Å²) < 4.78 is 0. The minimum atomic E-state index is 0.331. The number of carbonyl (C=O) groups is 1. The zero-order chi connectivity index (χ0) is 13.9. The maximum Gasteiger partial charge on any atom is 0.223 e. The maximum atomic E-state index is 12.0. The fraction of sp³-hybridized carbons (Fsp3) is 0.941. The summed E-state index contributed by atoms with van der Waals surface area (Å²) in [6, 6.07) is 0.793. The molecule has 3 nitrogen and oxygen atoms in total. The molecule has 0 radical (unpaired) electrons. The smallest absolute Gasteiger partial charge is 0.223 e. The first-order valence-corrected chi connectivity index (χ1v) is 8.72. The normalized spacial score (nSPS) is 33.2. The highest BCUT2D eigenvalue weighted by atomic mass is 16.1. The quantitative estimate of drug-likeness (QED) is 0.758. The number of hydrogen-bond donors (Lipinski definition) is 1. The molecule has 0 bridgehead atoms. The average molecular weight is 278 g/mol. The Hall–Kier alpha value is -0.570. The van der Waals surface area contributed by atoms with Crippen molar-refractivity contribution in [2.45, 2.75) is 63.8 Å². The summed E-state index contributed by atoms with van der Waals surface area (Å²) in [5.74, 6) is 2.48. The largest absolute Gasteiger partial charge is 0.356 e. The Bertz CT molecular complexity index is 328. The van der Waals surface area contributed by atoms with E-state index < -0.39 is 0 Å². The molecule has 0 aromatic heterocycles. The summed E-state index contributed by atoms with van der Waals surface area (Å²) >= 11 is 0. The predicted molar refractivity (Wildman–Crippen MR) is 81.5 cm³/mol. The van der Waals surface area contributed by atoms with E-state index in [1.807, 2.05) is 0 Å². The lowest BCUT2D eigenvalue weighted by Crippen LogP contribution is -2.36. The Morgan fingerprint density at radius 2 is 1.80 bits per heavy atom. The van der Waals surface area contributed by atoms with Gasteiger partial charge in [0.15, 0.2) is 0 Å². The van der Waals surface area contributed by atoms with Crippen LogP contribution in [0.5, 0.6) is 0 Å². The van der Waals surface area contributed by atoms with E-state index in [2.05, 4.69) is 17.3 Å². The molecule has 2 atom stereocenters. The first kappa shape index (κ1) is 14.4. The SMILES string of the molecule is CN(CCCNC(=O)C1CC2CC2C1)C1CCCCC1. The van der Waals surface area contributed by atoms with Gasteiger partial charge in [0, 0.05) is 18.5 Å². The molecule has 2 unspecified atom stereocenters. The Kier molecular flexibility index (Phi) is 4.65. The second kappa shape index (κ2) is 6.46. The molecule has 0 aromatic rings. The molecule has 0 heterocycles. The number of rotatable bonds is 6. The van der Waals surface area contributed by atoms with E-state index in [0.29, 0.717) is 11.8 Å². The van der Waals surface area contributed by atoms with E-state index in [4.69, 9.17) is 0 Å². The van der Waals surface area contributed by atoms with Crippen molar-refractivity contribution in [3.05, 3.63) is 0 Å². The summed E-state index contributed by atoms with van der Waals surface area (Å²) in [6.45, 7) is 1.99. The molecule has 0 aromatic carbocycles. The van der Waals surface area contributed by atoms with Gasteiger partial charge >= 0.3 is 0 Å². The van der Waals surface area contributed by atoms with E-state index >= 15 is 0 Å². The molecular formula is C17H30N2O. The zero-order valence-electron chi connectivity index (χ0n) is 12.9. The lowest BCUT2D eigenvalue weighted by molar-refractivity contribution is -0.125. The highest BCUT2D eigenvalue weighted by molar-refractivity contribution is 5.79. The van der Waals surface area contributed by atoms with Crippen molar-refractivity contribution in [1.29, 1.82) is 0 Å². The molecule has 3 saturated carbocycles. The van der Waals surface area contributed by atoms with Crippen molar-refractivity contribution >= 4 is 5.91 Å². The minimum absolute atomic E-state index is 0.331. The highest BCUT2D eigenvalue weighted by Gasteiger charge is 2.47. The third-order valence-corrected chi connectivity index (χ3v) is 5.80. The van der Waals surface area contributed by atoms with Gasteiger partial charge in [-0.2, -0.15) is 0 Å². The van der Waals surface area contributed by atoms with Crippen molar-refractivity contribution in [2.75, 3.05) is 20.1 Å². The summed E-state index contributed by atoms with van der Waals surface area (Å²) in [4.78, 5) is 14.5. The van der Waals surface area contributed by atoms with Crippen LogP contribution < -0.4 is 5.32 Å². The average Bonchev–Trinajstić information content (AvgIpc) is 3.10.